The molecule has 3 rings (SSSR count). The molecule has 1 atom stereocenters. The third kappa shape index (κ3) is 3.46. The summed E-state index contributed by atoms with van der Waals surface area (Å²) in [7, 11) is 0. The van der Waals surface area contributed by atoms with Gasteiger partial charge in [0, 0.05) is 23.5 Å². The highest BCUT2D eigenvalue weighted by atomic mass is 16.4. The van der Waals surface area contributed by atoms with E-state index in [4.69, 9.17) is 0 Å². The maximum atomic E-state index is 12.5. The molecule has 0 aliphatic heterocycles. The molecule has 0 bridgehead atoms. The standard InChI is InChI=1S/C19H20N4O4/c1-10-5-4-6-13(11(10)2)17(19(26)27)22-16(24)9-14-12(3)21-15-7-8-20-23(15)18(14)25/h4-8,17,20H,9H2,1-3H3,(H,22,24)(H,26,27). The number of aromatic nitrogens is 3. The molecule has 140 valence electrons. The van der Waals surface area contributed by atoms with E-state index in [9.17, 15) is 19.5 Å². The van der Waals surface area contributed by atoms with Crippen molar-refractivity contribution >= 4 is 17.5 Å². The Morgan fingerprint density at radius 1 is 1.26 bits per heavy atom. The van der Waals surface area contributed by atoms with Crippen LogP contribution in [0.2, 0.25) is 0 Å². The predicted octanol–water partition coefficient (Wildman–Crippen LogP) is 1.43. The average molecular weight is 368 g/mol. The summed E-state index contributed by atoms with van der Waals surface area (Å²) in [5.41, 5.74) is 2.99. The number of nitrogens with one attached hydrogen (secondary N) is 2. The van der Waals surface area contributed by atoms with E-state index in [0.717, 1.165) is 11.1 Å². The van der Waals surface area contributed by atoms with Crippen LogP contribution >= 0.6 is 0 Å². The predicted molar refractivity (Wildman–Crippen MR) is 98.7 cm³/mol. The van der Waals surface area contributed by atoms with Gasteiger partial charge in [-0.05, 0) is 37.5 Å². The van der Waals surface area contributed by atoms with Crippen LogP contribution in [0.4, 0.5) is 0 Å². The molecule has 0 fully saturated rings. The fraction of sp³-hybridized carbons (Fsp3) is 0.263. The Labute approximate surface area is 154 Å². The molecule has 1 amide bonds. The van der Waals surface area contributed by atoms with Crippen molar-refractivity contribution in [2.75, 3.05) is 0 Å². The number of fused-ring (bicyclic) bond motifs is 1. The van der Waals surface area contributed by atoms with Gasteiger partial charge in [-0.25, -0.2) is 14.3 Å². The van der Waals surface area contributed by atoms with Crippen LogP contribution in [0.15, 0.2) is 35.3 Å². The van der Waals surface area contributed by atoms with E-state index in [1.54, 1.807) is 31.3 Å². The number of hydrogen-bond acceptors (Lipinski definition) is 4. The number of hydrogen-bond donors (Lipinski definition) is 3. The molecule has 0 spiro atoms. The smallest absolute Gasteiger partial charge is 0.330 e. The zero-order chi connectivity index (χ0) is 19.7. The third-order valence-electron chi connectivity index (χ3n) is 4.69. The van der Waals surface area contributed by atoms with E-state index in [1.165, 1.54) is 4.52 Å². The van der Waals surface area contributed by atoms with Crippen LogP contribution in [0.25, 0.3) is 5.65 Å². The fourth-order valence-electron chi connectivity index (χ4n) is 3.04. The van der Waals surface area contributed by atoms with Gasteiger partial charge in [0.05, 0.1) is 6.42 Å². The number of carbonyl (C=O) groups excluding carboxylic acids is 1. The number of nitrogens with zero attached hydrogens (tertiary/aromatic N) is 2. The highest BCUT2D eigenvalue weighted by Gasteiger charge is 2.25. The maximum Gasteiger partial charge on any atom is 0.330 e. The van der Waals surface area contributed by atoms with Crippen molar-refractivity contribution in [2.45, 2.75) is 33.2 Å². The molecule has 27 heavy (non-hydrogen) atoms. The zero-order valence-corrected chi connectivity index (χ0v) is 15.2. The van der Waals surface area contributed by atoms with E-state index in [0.29, 0.717) is 16.9 Å². The van der Waals surface area contributed by atoms with Crippen molar-refractivity contribution in [1.82, 2.24) is 19.9 Å². The summed E-state index contributed by atoms with van der Waals surface area (Å²) in [5.74, 6) is -1.72. The van der Waals surface area contributed by atoms with Crippen molar-refractivity contribution < 1.29 is 14.7 Å². The Morgan fingerprint density at radius 2 is 2.00 bits per heavy atom. The molecule has 0 aliphatic carbocycles. The number of carboxylic acids is 1. The largest absolute Gasteiger partial charge is 0.479 e. The van der Waals surface area contributed by atoms with E-state index >= 15 is 0 Å². The highest BCUT2D eigenvalue weighted by Crippen LogP contribution is 2.21. The number of amides is 1. The second-order valence-electron chi connectivity index (χ2n) is 6.44. The lowest BCUT2D eigenvalue weighted by Gasteiger charge is -2.18. The van der Waals surface area contributed by atoms with Gasteiger partial charge in [-0.2, -0.15) is 0 Å². The van der Waals surface area contributed by atoms with Crippen molar-refractivity contribution in [3.05, 3.63) is 68.8 Å². The first-order chi connectivity index (χ1) is 12.8. The van der Waals surface area contributed by atoms with Crippen molar-refractivity contribution in [3.8, 4) is 0 Å². The molecule has 3 N–H and O–H groups in total. The third-order valence-corrected chi connectivity index (χ3v) is 4.69. The SMILES string of the molecule is Cc1cccc(C(NC(=O)Cc2c(C)nc3cc[nH]n3c2=O)C(=O)O)c1C. The Kier molecular flexibility index (Phi) is 4.81. The van der Waals surface area contributed by atoms with E-state index in [2.05, 4.69) is 15.4 Å². The summed E-state index contributed by atoms with van der Waals surface area (Å²) in [6.45, 7) is 5.34. The first-order valence-electron chi connectivity index (χ1n) is 8.43. The molecule has 8 heteroatoms. The van der Waals surface area contributed by atoms with Gasteiger partial charge < -0.3 is 10.4 Å². The molecule has 0 saturated heterocycles. The summed E-state index contributed by atoms with van der Waals surface area (Å²) in [6, 6.07) is 5.76. The normalized spacial score (nSPS) is 12.1. The second kappa shape index (κ2) is 7.06. The van der Waals surface area contributed by atoms with Crippen LogP contribution in [0.3, 0.4) is 0 Å². The average Bonchev–Trinajstić information content (AvgIpc) is 3.07. The van der Waals surface area contributed by atoms with Crippen LogP contribution < -0.4 is 10.9 Å². The molecule has 1 unspecified atom stereocenters. The minimum atomic E-state index is -1.19. The Morgan fingerprint density at radius 3 is 2.70 bits per heavy atom. The molecule has 1 aromatic carbocycles. The number of H-pyrrole nitrogens is 1. The lowest BCUT2D eigenvalue weighted by Crippen LogP contribution is -2.37. The molecule has 0 saturated carbocycles. The second-order valence-corrected chi connectivity index (χ2v) is 6.44. The summed E-state index contributed by atoms with van der Waals surface area (Å²) in [4.78, 5) is 41.1. The van der Waals surface area contributed by atoms with Gasteiger partial charge in [-0.15, -0.1) is 0 Å². The minimum Gasteiger partial charge on any atom is -0.479 e. The van der Waals surface area contributed by atoms with Gasteiger partial charge in [0.2, 0.25) is 5.91 Å². The van der Waals surface area contributed by atoms with Gasteiger partial charge in [-0.3, -0.25) is 14.7 Å². The summed E-state index contributed by atoms with van der Waals surface area (Å²) in [5, 5.41) is 14.8. The van der Waals surface area contributed by atoms with Crippen LogP contribution in [-0.4, -0.2) is 31.6 Å². The lowest BCUT2D eigenvalue weighted by atomic mass is 9.97. The first-order valence-corrected chi connectivity index (χ1v) is 8.43. The van der Waals surface area contributed by atoms with E-state index < -0.39 is 17.9 Å². The topological polar surface area (TPSA) is 117 Å². The molecule has 2 heterocycles. The van der Waals surface area contributed by atoms with E-state index in [1.807, 2.05) is 19.9 Å². The van der Waals surface area contributed by atoms with Gasteiger partial charge in [0.15, 0.2) is 11.7 Å². The van der Waals surface area contributed by atoms with Crippen LogP contribution in [0, 0.1) is 20.8 Å². The summed E-state index contributed by atoms with van der Waals surface area (Å²) >= 11 is 0. The number of aliphatic carboxylic acids is 1. The number of carboxylic acid groups (broad SMARTS) is 1. The molecular formula is C19H20N4O4. The molecule has 0 radical (unpaired) electrons. The minimum absolute atomic E-state index is 0.220. The number of carbonyl (C=O) groups is 2. The van der Waals surface area contributed by atoms with E-state index in [-0.39, 0.29) is 17.5 Å². The molecular weight excluding hydrogens is 348 g/mol. The monoisotopic (exact) mass is 368 g/mol. The van der Waals surface area contributed by atoms with Crippen LogP contribution in [0.5, 0.6) is 0 Å². The highest BCUT2D eigenvalue weighted by molar-refractivity contribution is 5.86. The quantitative estimate of drug-likeness (QED) is 0.630. The van der Waals surface area contributed by atoms with Crippen molar-refractivity contribution in [3.63, 3.8) is 0 Å². The van der Waals surface area contributed by atoms with Crippen molar-refractivity contribution in [2.24, 2.45) is 0 Å². The van der Waals surface area contributed by atoms with Crippen LogP contribution in [0.1, 0.15) is 34.0 Å². The van der Waals surface area contributed by atoms with Gasteiger partial charge in [0.25, 0.3) is 5.56 Å². The number of rotatable bonds is 5. The lowest BCUT2D eigenvalue weighted by molar-refractivity contribution is -0.142. The molecule has 3 aromatic rings. The molecule has 2 aromatic heterocycles. The van der Waals surface area contributed by atoms with Crippen LogP contribution in [-0.2, 0) is 16.0 Å². The Hall–Kier alpha value is -3.42. The number of benzene rings is 1. The number of aryl methyl sites for hydroxylation is 2. The Bertz CT molecular complexity index is 1100. The summed E-state index contributed by atoms with van der Waals surface area (Å²) in [6.07, 6.45) is 1.32. The molecule has 8 nitrogen and oxygen atoms in total. The first kappa shape index (κ1) is 18.4. The van der Waals surface area contributed by atoms with Crippen molar-refractivity contribution in [1.29, 1.82) is 0 Å². The zero-order valence-electron chi connectivity index (χ0n) is 15.2. The molecule has 0 aliphatic rings. The maximum absolute atomic E-state index is 12.5. The fourth-order valence-corrected chi connectivity index (χ4v) is 3.04. The van der Waals surface area contributed by atoms with Gasteiger partial charge in [0.1, 0.15) is 0 Å². The van der Waals surface area contributed by atoms with Gasteiger partial charge in [-0.1, -0.05) is 18.2 Å². The Balaban J connectivity index is 1.89. The van der Waals surface area contributed by atoms with Gasteiger partial charge >= 0.3 is 5.97 Å². The number of aromatic amines is 1. The summed E-state index contributed by atoms with van der Waals surface area (Å²) < 4.78 is 1.25.